The molecule has 0 saturated carbocycles. The largest absolute Gasteiger partial charge is 0.381 e. The first-order chi connectivity index (χ1) is 8.13. The van der Waals surface area contributed by atoms with Gasteiger partial charge in [0.2, 0.25) is 5.91 Å². The van der Waals surface area contributed by atoms with Crippen LogP contribution in [0.25, 0.3) is 0 Å². The first-order valence-electron chi connectivity index (χ1n) is 6.77. The molecule has 2 unspecified atom stereocenters. The zero-order chi connectivity index (χ0) is 12.7. The predicted molar refractivity (Wildman–Crippen MR) is 69.0 cm³/mol. The summed E-state index contributed by atoms with van der Waals surface area (Å²) < 4.78 is 5.30. The van der Waals surface area contributed by atoms with Gasteiger partial charge in [-0.15, -0.1) is 0 Å². The maximum Gasteiger partial charge on any atom is 0.237 e. The Hall–Kier alpha value is -0.610. The van der Waals surface area contributed by atoms with Crippen molar-refractivity contribution in [3.63, 3.8) is 0 Å². The van der Waals surface area contributed by atoms with Gasteiger partial charge in [-0.05, 0) is 33.1 Å². The summed E-state index contributed by atoms with van der Waals surface area (Å²) >= 11 is 0. The molecule has 1 saturated heterocycles. The molecule has 0 spiro atoms. The number of rotatable bonds is 6. The fourth-order valence-electron chi connectivity index (χ4n) is 2.17. The first-order valence-corrected chi connectivity index (χ1v) is 6.77. The van der Waals surface area contributed by atoms with E-state index in [9.17, 15) is 4.79 Å². The van der Waals surface area contributed by atoms with Gasteiger partial charge in [-0.2, -0.15) is 0 Å². The van der Waals surface area contributed by atoms with E-state index in [1.165, 1.54) is 0 Å². The van der Waals surface area contributed by atoms with E-state index in [1.54, 1.807) is 0 Å². The van der Waals surface area contributed by atoms with Crippen LogP contribution in [0.15, 0.2) is 0 Å². The molecule has 0 bridgehead atoms. The average Bonchev–Trinajstić information content (AvgIpc) is 2.30. The molecular formula is C13H26N2O2. The lowest BCUT2D eigenvalue weighted by molar-refractivity contribution is -0.123. The third-order valence-corrected chi connectivity index (χ3v) is 3.21. The van der Waals surface area contributed by atoms with Crippen molar-refractivity contribution in [1.29, 1.82) is 0 Å². The highest BCUT2D eigenvalue weighted by molar-refractivity contribution is 5.81. The molecule has 0 aromatic carbocycles. The van der Waals surface area contributed by atoms with E-state index in [0.29, 0.717) is 6.04 Å². The van der Waals surface area contributed by atoms with Crippen LogP contribution in [0, 0.1) is 0 Å². The Morgan fingerprint density at radius 2 is 2.00 bits per heavy atom. The fraction of sp³-hybridized carbons (Fsp3) is 0.923. The molecule has 0 aromatic rings. The molecule has 0 aromatic heterocycles. The molecule has 2 atom stereocenters. The van der Waals surface area contributed by atoms with Crippen molar-refractivity contribution >= 4 is 5.91 Å². The molecule has 1 heterocycles. The zero-order valence-corrected chi connectivity index (χ0v) is 11.3. The Labute approximate surface area is 104 Å². The minimum Gasteiger partial charge on any atom is -0.381 e. The van der Waals surface area contributed by atoms with Crippen LogP contribution in [-0.4, -0.2) is 37.2 Å². The van der Waals surface area contributed by atoms with Gasteiger partial charge in [-0.25, -0.2) is 0 Å². The van der Waals surface area contributed by atoms with E-state index in [0.717, 1.165) is 38.9 Å². The lowest BCUT2D eigenvalue weighted by Crippen LogP contribution is -2.50. The normalized spacial score (nSPS) is 20.9. The number of carbonyl (C=O) groups is 1. The van der Waals surface area contributed by atoms with E-state index < -0.39 is 0 Å². The van der Waals surface area contributed by atoms with Gasteiger partial charge in [0.15, 0.2) is 0 Å². The van der Waals surface area contributed by atoms with Crippen molar-refractivity contribution in [2.45, 2.75) is 64.6 Å². The van der Waals surface area contributed by atoms with Gasteiger partial charge in [0, 0.05) is 25.3 Å². The maximum absolute atomic E-state index is 11.9. The van der Waals surface area contributed by atoms with Gasteiger partial charge in [0.05, 0.1) is 6.04 Å². The van der Waals surface area contributed by atoms with Crippen molar-refractivity contribution in [3.05, 3.63) is 0 Å². The minimum atomic E-state index is -0.114. The predicted octanol–water partition coefficient (Wildman–Crippen LogP) is 1.45. The molecule has 2 N–H and O–H groups in total. The van der Waals surface area contributed by atoms with Crippen LogP contribution < -0.4 is 10.6 Å². The molecule has 1 aliphatic heterocycles. The lowest BCUT2D eigenvalue weighted by Gasteiger charge is -2.27. The highest BCUT2D eigenvalue weighted by Crippen LogP contribution is 2.07. The van der Waals surface area contributed by atoms with Gasteiger partial charge in [0.1, 0.15) is 0 Å². The summed E-state index contributed by atoms with van der Waals surface area (Å²) in [5, 5.41) is 6.41. The van der Waals surface area contributed by atoms with E-state index >= 15 is 0 Å². The maximum atomic E-state index is 11.9. The number of hydrogen-bond donors (Lipinski definition) is 2. The van der Waals surface area contributed by atoms with Gasteiger partial charge in [-0.1, -0.05) is 13.3 Å². The van der Waals surface area contributed by atoms with E-state index in [4.69, 9.17) is 4.74 Å². The van der Waals surface area contributed by atoms with Crippen LogP contribution in [0.3, 0.4) is 0 Å². The van der Waals surface area contributed by atoms with Crippen molar-refractivity contribution in [3.8, 4) is 0 Å². The Bertz CT molecular complexity index is 227. The third kappa shape index (κ3) is 5.50. The molecule has 1 aliphatic rings. The summed E-state index contributed by atoms with van der Waals surface area (Å²) in [6.07, 6.45) is 4.14. The second-order valence-electron chi connectivity index (χ2n) is 4.97. The number of ether oxygens (including phenoxy) is 1. The van der Waals surface area contributed by atoms with E-state index in [2.05, 4.69) is 24.5 Å². The number of nitrogens with one attached hydrogen (secondary N) is 2. The molecule has 4 heteroatoms. The van der Waals surface area contributed by atoms with E-state index in [-0.39, 0.29) is 18.0 Å². The van der Waals surface area contributed by atoms with Gasteiger partial charge < -0.3 is 15.4 Å². The molecule has 0 radical (unpaired) electrons. The second-order valence-corrected chi connectivity index (χ2v) is 4.97. The van der Waals surface area contributed by atoms with Crippen LogP contribution >= 0.6 is 0 Å². The fourth-order valence-corrected chi connectivity index (χ4v) is 2.17. The first kappa shape index (κ1) is 14.5. The van der Waals surface area contributed by atoms with E-state index in [1.807, 2.05) is 6.92 Å². The van der Waals surface area contributed by atoms with Crippen LogP contribution in [0.4, 0.5) is 0 Å². The summed E-state index contributed by atoms with van der Waals surface area (Å²) in [5.41, 5.74) is 0. The molecule has 4 nitrogen and oxygen atoms in total. The number of amides is 1. The molecule has 17 heavy (non-hydrogen) atoms. The van der Waals surface area contributed by atoms with Crippen molar-refractivity contribution in [2.75, 3.05) is 13.2 Å². The van der Waals surface area contributed by atoms with Crippen molar-refractivity contribution in [1.82, 2.24) is 10.6 Å². The van der Waals surface area contributed by atoms with Crippen LogP contribution in [-0.2, 0) is 9.53 Å². The molecular weight excluding hydrogens is 216 g/mol. The van der Waals surface area contributed by atoms with Crippen LogP contribution in [0.1, 0.15) is 46.5 Å². The molecule has 100 valence electrons. The Morgan fingerprint density at radius 1 is 1.35 bits per heavy atom. The lowest BCUT2D eigenvalue weighted by atomic mass is 10.1. The monoisotopic (exact) mass is 242 g/mol. The van der Waals surface area contributed by atoms with Crippen LogP contribution in [0.5, 0.6) is 0 Å². The van der Waals surface area contributed by atoms with Gasteiger partial charge in [0.25, 0.3) is 0 Å². The second kappa shape index (κ2) is 7.67. The summed E-state index contributed by atoms with van der Waals surface area (Å²) in [4.78, 5) is 11.9. The standard InChI is InChI=1S/C13H26N2O2/c1-4-5-10(2)14-13(16)11(3)15-12-6-8-17-9-7-12/h10-12,15H,4-9H2,1-3H3,(H,14,16). The van der Waals surface area contributed by atoms with Crippen LogP contribution in [0.2, 0.25) is 0 Å². The summed E-state index contributed by atoms with van der Waals surface area (Å²) in [7, 11) is 0. The Balaban J connectivity index is 2.25. The third-order valence-electron chi connectivity index (χ3n) is 3.21. The SMILES string of the molecule is CCCC(C)NC(=O)C(C)NC1CCOCC1. The zero-order valence-electron chi connectivity index (χ0n) is 11.3. The highest BCUT2D eigenvalue weighted by atomic mass is 16.5. The van der Waals surface area contributed by atoms with Crippen molar-refractivity contribution < 1.29 is 9.53 Å². The topological polar surface area (TPSA) is 50.4 Å². The minimum absolute atomic E-state index is 0.109. The summed E-state index contributed by atoms with van der Waals surface area (Å²) in [6.45, 7) is 7.73. The summed E-state index contributed by atoms with van der Waals surface area (Å²) in [6, 6.07) is 0.579. The molecule has 1 amide bonds. The quantitative estimate of drug-likeness (QED) is 0.741. The van der Waals surface area contributed by atoms with Gasteiger partial charge >= 0.3 is 0 Å². The molecule has 1 fully saturated rings. The Morgan fingerprint density at radius 3 is 2.59 bits per heavy atom. The average molecular weight is 242 g/mol. The number of carbonyl (C=O) groups excluding carboxylic acids is 1. The van der Waals surface area contributed by atoms with Crippen molar-refractivity contribution in [2.24, 2.45) is 0 Å². The smallest absolute Gasteiger partial charge is 0.237 e. The molecule has 0 aliphatic carbocycles. The van der Waals surface area contributed by atoms with Gasteiger partial charge in [-0.3, -0.25) is 4.79 Å². The molecule has 1 rings (SSSR count). The summed E-state index contributed by atoms with van der Waals surface area (Å²) in [5.74, 6) is 0.109. The number of hydrogen-bond acceptors (Lipinski definition) is 3. The Kier molecular flexibility index (Phi) is 6.52. The highest BCUT2D eigenvalue weighted by Gasteiger charge is 2.20.